The van der Waals surface area contributed by atoms with Gasteiger partial charge in [0.15, 0.2) is 0 Å². The third-order valence-electron chi connectivity index (χ3n) is 4.35. The summed E-state index contributed by atoms with van der Waals surface area (Å²) < 4.78 is 5.46. The Kier molecular flexibility index (Phi) is 6.68. The first-order chi connectivity index (χ1) is 13.7. The van der Waals surface area contributed by atoms with E-state index in [-0.39, 0.29) is 0 Å². The third kappa shape index (κ3) is 5.13. The first kappa shape index (κ1) is 19.5. The van der Waals surface area contributed by atoms with Crippen LogP contribution < -0.4 is 20.3 Å². The maximum Gasteiger partial charge on any atom is 0.229 e. The fourth-order valence-corrected chi connectivity index (χ4v) is 2.91. The fraction of sp³-hybridized carbons (Fsp3) is 0.273. The average molecular weight is 377 g/mol. The zero-order valence-electron chi connectivity index (χ0n) is 16.6. The molecule has 0 saturated carbocycles. The van der Waals surface area contributed by atoms with Crippen LogP contribution in [-0.4, -0.2) is 29.7 Å². The van der Waals surface area contributed by atoms with Gasteiger partial charge in [0.05, 0.1) is 6.61 Å². The lowest BCUT2D eigenvalue weighted by atomic mass is 10.2. The molecular weight excluding hydrogens is 350 g/mol. The molecule has 0 aliphatic heterocycles. The van der Waals surface area contributed by atoms with Crippen molar-refractivity contribution in [2.75, 3.05) is 35.2 Å². The minimum atomic E-state index is 0.536. The van der Waals surface area contributed by atoms with Gasteiger partial charge in [-0.15, -0.1) is 0 Å². The normalized spacial score (nSPS) is 10.4. The second-order valence-corrected chi connectivity index (χ2v) is 6.19. The molecule has 1 aromatic heterocycles. The molecule has 3 aromatic rings. The molecule has 0 radical (unpaired) electrons. The second-order valence-electron chi connectivity index (χ2n) is 6.19. The van der Waals surface area contributed by atoms with Crippen molar-refractivity contribution in [2.45, 2.75) is 20.8 Å². The van der Waals surface area contributed by atoms with Crippen molar-refractivity contribution >= 4 is 28.8 Å². The summed E-state index contributed by atoms with van der Waals surface area (Å²) in [6.45, 7) is 8.94. The van der Waals surface area contributed by atoms with E-state index in [9.17, 15) is 0 Å². The van der Waals surface area contributed by atoms with Gasteiger partial charge in [-0.3, -0.25) is 0 Å². The van der Waals surface area contributed by atoms with Crippen LogP contribution in [0.4, 0.5) is 28.8 Å². The van der Waals surface area contributed by atoms with Crippen molar-refractivity contribution in [3.8, 4) is 5.75 Å². The van der Waals surface area contributed by atoms with E-state index in [0.29, 0.717) is 12.6 Å². The molecular formula is C22H27N5O. The molecule has 0 fully saturated rings. The Hall–Kier alpha value is -3.28. The van der Waals surface area contributed by atoms with E-state index in [1.165, 1.54) is 5.69 Å². The van der Waals surface area contributed by atoms with Crippen LogP contribution in [0.2, 0.25) is 0 Å². The highest BCUT2D eigenvalue weighted by Gasteiger charge is 2.04. The Balaban J connectivity index is 1.66. The summed E-state index contributed by atoms with van der Waals surface area (Å²) in [7, 11) is 0. The van der Waals surface area contributed by atoms with E-state index in [0.717, 1.165) is 36.0 Å². The van der Waals surface area contributed by atoms with Gasteiger partial charge < -0.3 is 20.3 Å². The van der Waals surface area contributed by atoms with Crippen molar-refractivity contribution in [1.82, 2.24) is 9.97 Å². The molecule has 6 nitrogen and oxygen atoms in total. The van der Waals surface area contributed by atoms with Crippen molar-refractivity contribution in [2.24, 2.45) is 0 Å². The molecule has 28 heavy (non-hydrogen) atoms. The lowest BCUT2D eigenvalue weighted by molar-refractivity contribution is 0.340. The Labute approximate surface area is 166 Å². The van der Waals surface area contributed by atoms with E-state index in [4.69, 9.17) is 4.74 Å². The predicted molar refractivity (Wildman–Crippen MR) is 116 cm³/mol. The lowest BCUT2D eigenvalue weighted by Crippen LogP contribution is -2.21. The summed E-state index contributed by atoms with van der Waals surface area (Å²) in [6, 6.07) is 18.0. The Bertz CT molecular complexity index is 861. The largest absolute Gasteiger partial charge is 0.494 e. The van der Waals surface area contributed by atoms with Gasteiger partial charge >= 0.3 is 0 Å². The standard InChI is InChI=1S/C22H27N5O/c1-4-27(5-2)19-11-7-17(8-12-19)24-21-15-16-23-22(26-21)25-18-9-13-20(14-10-18)28-6-3/h7-16H,4-6H2,1-3H3,(H2,23,24,25,26). The second kappa shape index (κ2) is 9.60. The van der Waals surface area contributed by atoms with Gasteiger partial charge in [-0.1, -0.05) is 0 Å². The molecule has 146 valence electrons. The molecule has 3 rings (SSSR count). The lowest BCUT2D eigenvalue weighted by Gasteiger charge is -2.21. The quantitative estimate of drug-likeness (QED) is 0.534. The molecule has 2 N–H and O–H groups in total. The van der Waals surface area contributed by atoms with Gasteiger partial charge in [0, 0.05) is 36.3 Å². The Morgan fingerprint density at radius 1 is 0.821 bits per heavy atom. The van der Waals surface area contributed by atoms with E-state index >= 15 is 0 Å². The Morgan fingerprint density at radius 2 is 1.46 bits per heavy atom. The first-order valence-electron chi connectivity index (χ1n) is 9.66. The highest BCUT2D eigenvalue weighted by molar-refractivity contribution is 5.62. The molecule has 0 aliphatic rings. The zero-order chi connectivity index (χ0) is 19.8. The monoisotopic (exact) mass is 377 g/mol. The zero-order valence-corrected chi connectivity index (χ0v) is 16.6. The van der Waals surface area contributed by atoms with Gasteiger partial charge in [-0.2, -0.15) is 4.98 Å². The molecule has 0 amide bonds. The van der Waals surface area contributed by atoms with Crippen molar-refractivity contribution in [1.29, 1.82) is 0 Å². The predicted octanol–water partition coefficient (Wildman–Crippen LogP) is 5.21. The van der Waals surface area contributed by atoms with Crippen LogP contribution in [0.1, 0.15) is 20.8 Å². The van der Waals surface area contributed by atoms with E-state index < -0.39 is 0 Å². The topological polar surface area (TPSA) is 62.3 Å². The summed E-state index contributed by atoms with van der Waals surface area (Å²) in [5.41, 5.74) is 3.11. The molecule has 6 heteroatoms. The van der Waals surface area contributed by atoms with Crippen LogP contribution >= 0.6 is 0 Å². The van der Waals surface area contributed by atoms with Crippen LogP contribution in [0.3, 0.4) is 0 Å². The highest BCUT2D eigenvalue weighted by Crippen LogP contribution is 2.22. The number of hydrogen-bond acceptors (Lipinski definition) is 6. The smallest absolute Gasteiger partial charge is 0.229 e. The maximum atomic E-state index is 5.46. The van der Waals surface area contributed by atoms with Gasteiger partial charge in [0.25, 0.3) is 0 Å². The Morgan fingerprint density at radius 3 is 2.11 bits per heavy atom. The van der Waals surface area contributed by atoms with Gasteiger partial charge in [0.2, 0.25) is 5.95 Å². The van der Waals surface area contributed by atoms with Crippen LogP contribution in [0.25, 0.3) is 0 Å². The number of benzene rings is 2. The van der Waals surface area contributed by atoms with Crippen LogP contribution in [0, 0.1) is 0 Å². The van der Waals surface area contributed by atoms with Crippen molar-refractivity contribution in [3.63, 3.8) is 0 Å². The molecule has 0 spiro atoms. The number of ether oxygens (including phenoxy) is 1. The molecule has 1 heterocycles. The summed E-state index contributed by atoms with van der Waals surface area (Å²) >= 11 is 0. The molecule has 0 unspecified atom stereocenters. The number of aromatic nitrogens is 2. The summed E-state index contributed by atoms with van der Waals surface area (Å²) in [5.74, 6) is 2.12. The molecule has 0 saturated heterocycles. The summed E-state index contributed by atoms with van der Waals surface area (Å²) in [4.78, 5) is 11.1. The van der Waals surface area contributed by atoms with E-state index in [2.05, 4.69) is 63.6 Å². The number of nitrogens with one attached hydrogen (secondary N) is 2. The molecule has 2 aromatic carbocycles. The summed E-state index contributed by atoms with van der Waals surface area (Å²) in [5, 5.41) is 6.54. The first-order valence-corrected chi connectivity index (χ1v) is 9.66. The minimum Gasteiger partial charge on any atom is -0.494 e. The number of rotatable bonds is 9. The fourth-order valence-electron chi connectivity index (χ4n) is 2.91. The van der Waals surface area contributed by atoms with Gasteiger partial charge in [-0.25, -0.2) is 4.98 Å². The highest BCUT2D eigenvalue weighted by atomic mass is 16.5. The summed E-state index contributed by atoms with van der Waals surface area (Å²) in [6.07, 6.45) is 1.73. The number of hydrogen-bond donors (Lipinski definition) is 2. The molecule has 0 aliphatic carbocycles. The molecule has 0 atom stereocenters. The van der Waals surface area contributed by atoms with Crippen LogP contribution in [-0.2, 0) is 0 Å². The van der Waals surface area contributed by atoms with E-state index in [1.807, 2.05) is 37.3 Å². The van der Waals surface area contributed by atoms with Gasteiger partial charge in [0.1, 0.15) is 11.6 Å². The average Bonchev–Trinajstić information content (AvgIpc) is 2.72. The third-order valence-corrected chi connectivity index (χ3v) is 4.35. The SMILES string of the molecule is CCOc1ccc(Nc2nccc(Nc3ccc(N(CC)CC)cc3)n2)cc1. The van der Waals surface area contributed by atoms with Crippen molar-refractivity contribution in [3.05, 3.63) is 60.8 Å². The van der Waals surface area contributed by atoms with Crippen molar-refractivity contribution < 1.29 is 4.74 Å². The van der Waals surface area contributed by atoms with Crippen LogP contribution in [0.15, 0.2) is 60.8 Å². The molecule has 0 bridgehead atoms. The number of anilines is 5. The minimum absolute atomic E-state index is 0.536. The number of nitrogens with zero attached hydrogens (tertiary/aromatic N) is 3. The van der Waals surface area contributed by atoms with Gasteiger partial charge in [-0.05, 0) is 75.4 Å². The van der Waals surface area contributed by atoms with Crippen LogP contribution in [0.5, 0.6) is 5.75 Å². The maximum absolute atomic E-state index is 5.46. The van der Waals surface area contributed by atoms with E-state index in [1.54, 1.807) is 6.20 Å².